The molecule has 0 unspecified atom stereocenters. The van der Waals surface area contributed by atoms with Gasteiger partial charge in [-0.2, -0.15) is 0 Å². The molecular weight excluding hydrogens is 526 g/mol. The van der Waals surface area contributed by atoms with Crippen molar-refractivity contribution in [2.75, 3.05) is 36.2 Å². The van der Waals surface area contributed by atoms with E-state index in [4.69, 9.17) is 26.0 Å². The summed E-state index contributed by atoms with van der Waals surface area (Å²) < 4.78 is 11.0. The van der Waals surface area contributed by atoms with Gasteiger partial charge in [-0.1, -0.05) is 33.4 Å². The number of amides is 1. The molecule has 2 aromatic carbocycles. The molecule has 1 amide bonds. The van der Waals surface area contributed by atoms with E-state index >= 15 is 0 Å². The van der Waals surface area contributed by atoms with Crippen molar-refractivity contribution in [1.82, 2.24) is 4.90 Å². The van der Waals surface area contributed by atoms with Crippen LogP contribution in [-0.4, -0.2) is 37.1 Å². The minimum Gasteiger partial charge on any atom is -0.492 e. The Hall–Kier alpha value is -3.67. The first-order chi connectivity index (χ1) is 18.8. The van der Waals surface area contributed by atoms with Crippen LogP contribution in [0.4, 0.5) is 17.1 Å². The SMILES string of the molecule is C=C(/C(N)=C/N(N)c1cc(C(=O)Nc2cc(C3(C)CC3)cc(NOSC)c2OC)ccc1C)N(C)C(=N)C(C)C. The van der Waals surface area contributed by atoms with Crippen LogP contribution < -0.4 is 32.1 Å². The average Bonchev–Trinajstić information content (AvgIpc) is 3.68. The number of aryl methyl sites for hydroxylation is 1. The largest absolute Gasteiger partial charge is 0.492 e. The third-order valence-electron chi connectivity index (χ3n) is 7.15. The van der Waals surface area contributed by atoms with Gasteiger partial charge in [0.1, 0.15) is 11.5 Å². The second kappa shape index (κ2) is 12.7. The van der Waals surface area contributed by atoms with E-state index in [1.807, 2.05) is 39.0 Å². The van der Waals surface area contributed by atoms with E-state index in [0.29, 0.717) is 45.6 Å². The van der Waals surface area contributed by atoms with Crippen molar-refractivity contribution in [1.29, 1.82) is 5.41 Å². The predicted molar refractivity (Wildman–Crippen MR) is 165 cm³/mol. The van der Waals surface area contributed by atoms with E-state index < -0.39 is 0 Å². The maximum absolute atomic E-state index is 13.5. The van der Waals surface area contributed by atoms with Crippen molar-refractivity contribution < 1.29 is 13.8 Å². The Kier molecular flexibility index (Phi) is 9.78. The fraction of sp³-hybridized carbons (Fsp3) is 0.379. The lowest BCUT2D eigenvalue weighted by molar-refractivity contribution is 0.102. The van der Waals surface area contributed by atoms with Gasteiger partial charge in [0, 0.05) is 43.0 Å². The van der Waals surface area contributed by atoms with Gasteiger partial charge in [-0.05, 0) is 60.6 Å². The first-order valence-corrected chi connectivity index (χ1v) is 14.1. The molecule has 1 saturated carbocycles. The van der Waals surface area contributed by atoms with Crippen LogP contribution in [-0.2, 0) is 9.70 Å². The Labute approximate surface area is 241 Å². The summed E-state index contributed by atoms with van der Waals surface area (Å²) in [5, 5.41) is 12.6. The number of carbonyl (C=O) groups is 1. The van der Waals surface area contributed by atoms with Crippen molar-refractivity contribution in [3.05, 3.63) is 71.2 Å². The van der Waals surface area contributed by atoms with Crippen molar-refractivity contribution in [3.63, 3.8) is 0 Å². The molecule has 0 spiro atoms. The maximum Gasteiger partial charge on any atom is 0.255 e. The number of amidine groups is 1. The monoisotopic (exact) mass is 567 g/mol. The molecule has 0 heterocycles. The van der Waals surface area contributed by atoms with Crippen LogP contribution in [0.2, 0.25) is 0 Å². The molecule has 0 bridgehead atoms. The molecule has 10 nitrogen and oxygen atoms in total. The highest BCUT2D eigenvalue weighted by Gasteiger charge is 2.40. The second-order valence-electron chi connectivity index (χ2n) is 10.5. The summed E-state index contributed by atoms with van der Waals surface area (Å²) in [4.78, 5) is 15.1. The fourth-order valence-corrected chi connectivity index (χ4v) is 4.35. The third-order valence-corrected chi connectivity index (χ3v) is 7.40. The van der Waals surface area contributed by atoms with Crippen molar-refractivity contribution >= 4 is 40.8 Å². The first-order valence-electron chi connectivity index (χ1n) is 13.0. The minimum absolute atomic E-state index is 0.0114. The zero-order valence-electron chi connectivity index (χ0n) is 24.3. The highest BCUT2D eigenvalue weighted by Crippen LogP contribution is 2.50. The number of nitrogens with two attached hydrogens (primary N) is 2. The summed E-state index contributed by atoms with van der Waals surface area (Å²) in [7, 11) is 3.29. The maximum atomic E-state index is 13.5. The zero-order valence-corrected chi connectivity index (χ0v) is 25.2. The fourth-order valence-electron chi connectivity index (χ4n) is 4.17. The van der Waals surface area contributed by atoms with Gasteiger partial charge in [0.25, 0.3) is 5.91 Å². The highest BCUT2D eigenvalue weighted by molar-refractivity contribution is 7.93. The van der Waals surface area contributed by atoms with Crippen molar-refractivity contribution in [2.45, 2.75) is 46.0 Å². The number of methoxy groups -OCH3 is 1. The third kappa shape index (κ3) is 6.90. The molecule has 2 aromatic rings. The molecule has 0 radical (unpaired) electrons. The van der Waals surface area contributed by atoms with E-state index in [-0.39, 0.29) is 17.2 Å². The summed E-state index contributed by atoms with van der Waals surface area (Å²) in [5.74, 6) is 6.90. The summed E-state index contributed by atoms with van der Waals surface area (Å²) in [6.07, 6.45) is 5.47. The molecule has 0 atom stereocenters. The number of benzene rings is 2. The van der Waals surface area contributed by atoms with Gasteiger partial charge in [0.2, 0.25) is 0 Å². The highest BCUT2D eigenvalue weighted by atomic mass is 32.2. The lowest BCUT2D eigenvalue weighted by atomic mass is 9.96. The standard InChI is InChI=1S/C29H41N7O3S/c1-17(2)27(31)35(6)19(4)22(30)16-36(32)25-13-20(10-9-18(25)3)28(37)33-23-14-21(29(5)11-12-29)15-24(26(23)38-7)34-39-40-8/h9-10,13-17,31,34H,4,11-12,30,32H2,1-3,5-8H3,(H,33,37)/b22-16-,31-27?. The Morgan fingerprint density at radius 3 is 2.48 bits per heavy atom. The number of anilines is 3. The van der Waals surface area contributed by atoms with Crippen LogP contribution in [0.3, 0.4) is 0 Å². The van der Waals surface area contributed by atoms with Gasteiger partial charge in [0.05, 0.1) is 29.9 Å². The summed E-state index contributed by atoms with van der Waals surface area (Å²) in [5.41, 5.74) is 14.1. The van der Waals surface area contributed by atoms with Gasteiger partial charge in [-0.25, -0.2) is 10.1 Å². The van der Waals surface area contributed by atoms with Crippen molar-refractivity contribution in [3.8, 4) is 5.75 Å². The van der Waals surface area contributed by atoms with E-state index in [0.717, 1.165) is 24.0 Å². The molecule has 216 valence electrons. The molecule has 7 N–H and O–H groups in total. The molecule has 11 heteroatoms. The van der Waals surface area contributed by atoms with Crippen LogP contribution >= 0.6 is 12.0 Å². The summed E-state index contributed by atoms with van der Waals surface area (Å²) in [6, 6.07) is 9.21. The van der Waals surface area contributed by atoms with Crippen LogP contribution in [0, 0.1) is 18.3 Å². The second-order valence-corrected chi connectivity index (χ2v) is 11.0. The lowest BCUT2D eigenvalue weighted by Gasteiger charge is -2.26. The van der Waals surface area contributed by atoms with Gasteiger partial charge >= 0.3 is 0 Å². The van der Waals surface area contributed by atoms with Gasteiger partial charge < -0.3 is 20.7 Å². The molecule has 1 aliphatic carbocycles. The summed E-state index contributed by atoms with van der Waals surface area (Å²) in [6.45, 7) is 11.9. The van der Waals surface area contributed by atoms with E-state index in [1.54, 1.807) is 37.4 Å². The molecule has 0 aromatic heterocycles. The van der Waals surface area contributed by atoms with Gasteiger partial charge in [0.15, 0.2) is 5.75 Å². The molecule has 0 saturated heterocycles. The summed E-state index contributed by atoms with van der Waals surface area (Å²) >= 11 is 1.17. The minimum atomic E-state index is -0.325. The molecule has 0 aliphatic heterocycles. The van der Waals surface area contributed by atoms with Crippen LogP contribution in [0.15, 0.2) is 54.5 Å². The number of carbonyl (C=O) groups excluding carboxylic acids is 1. The molecule has 3 rings (SSSR count). The number of hydrogen-bond donors (Lipinski definition) is 5. The van der Waals surface area contributed by atoms with Crippen LogP contribution in [0.1, 0.15) is 55.1 Å². The quantitative estimate of drug-likeness (QED) is 0.0562. The number of likely N-dealkylation sites (N-methyl/N-ethyl adjacent to an activating group) is 1. The van der Waals surface area contributed by atoms with Crippen molar-refractivity contribution in [2.24, 2.45) is 17.5 Å². The lowest BCUT2D eigenvalue weighted by Crippen LogP contribution is -2.33. The Morgan fingerprint density at radius 1 is 1.25 bits per heavy atom. The number of hydrazine groups is 1. The zero-order chi connectivity index (χ0) is 29.8. The first kappa shape index (κ1) is 30.9. The smallest absolute Gasteiger partial charge is 0.255 e. The number of rotatable bonds is 12. The average molecular weight is 568 g/mol. The number of ether oxygens (including phenoxy) is 1. The Balaban J connectivity index is 1.89. The number of nitrogens with one attached hydrogen (secondary N) is 3. The Bertz CT molecular complexity index is 1320. The normalized spacial score (nSPS) is 14.0. The molecule has 1 aliphatic rings. The molecule has 40 heavy (non-hydrogen) atoms. The van der Waals surface area contributed by atoms with Gasteiger partial charge in [-0.15, -0.1) is 0 Å². The Morgan fingerprint density at radius 2 is 1.90 bits per heavy atom. The topological polar surface area (TPSA) is 142 Å². The van der Waals surface area contributed by atoms with E-state index in [9.17, 15) is 4.79 Å². The predicted octanol–water partition coefficient (Wildman–Crippen LogP) is 5.49. The van der Waals surface area contributed by atoms with Gasteiger partial charge in [-0.3, -0.25) is 20.7 Å². The van der Waals surface area contributed by atoms with Crippen LogP contribution in [0.25, 0.3) is 0 Å². The molecular formula is C29H41N7O3S. The number of hydrogen-bond acceptors (Lipinski definition) is 9. The van der Waals surface area contributed by atoms with Crippen LogP contribution in [0.5, 0.6) is 5.75 Å². The molecule has 1 fully saturated rings. The van der Waals surface area contributed by atoms with E-state index in [2.05, 4.69) is 24.3 Å². The number of nitrogens with zero attached hydrogens (tertiary/aromatic N) is 2. The van der Waals surface area contributed by atoms with E-state index in [1.165, 1.54) is 23.3 Å².